The Morgan fingerprint density at radius 1 is 1.06 bits per heavy atom. The van der Waals surface area contributed by atoms with E-state index in [4.69, 9.17) is 14.7 Å². The van der Waals surface area contributed by atoms with E-state index in [2.05, 4.69) is 20.2 Å². The number of benzene rings is 1. The number of hydrogen-bond donors (Lipinski definition) is 4. The Kier molecular flexibility index (Phi) is 5.26. The molecule has 2 fully saturated rings. The van der Waals surface area contributed by atoms with Gasteiger partial charge in [0.1, 0.15) is 18.3 Å². The molecule has 0 bridgehead atoms. The molecular formula is C23H25N7O4. The molecule has 11 nitrogen and oxygen atoms in total. The predicted molar refractivity (Wildman–Crippen MR) is 125 cm³/mol. The highest BCUT2D eigenvalue weighted by Gasteiger charge is 2.44. The lowest BCUT2D eigenvalue weighted by Crippen LogP contribution is -2.33. The second kappa shape index (κ2) is 8.44. The third-order valence-electron chi connectivity index (χ3n) is 6.46. The Morgan fingerprint density at radius 3 is 2.71 bits per heavy atom. The first kappa shape index (κ1) is 21.2. The van der Waals surface area contributed by atoms with Gasteiger partial charge in [-0.1, -0.05) is 6.07 Å². The average Bonchev–Trinajstić information content (AvgIpc) is 3.59. The van der Waals surface area contributed by atoms with Gasteiger partial charge < -0.3 is 30.3 Å². The summed E-state index contributed by atoms with van der Waals surface area (Å²) in [4.78, 5) is 20.5. The fraction of sp³-hybridized carbons (Fsp3) is 0.391. The molecule has 34 heavy (non-hydrogen) atoms. The number of aliphatic hydroxyl groups excluding tert-OH is 3. The van der Waals surface area contributed by atoms with Crippen molar-refractivity contribution in [2.24, 2.45) is 0 Å². The summed E-state index contributed by atoms with van der Waals surface area (Å²) in [6, 6.07) is 9.71. The summed E-state index contributed by atoms with van der Waals surface area (Å²) in [5.41, 5.74) is 2.76. The Labute approximate surface area is 194 Å². The molecule has 1 aromatic carbocycles. The van der Waals surface area contributed by atoms with Gasteiger partial charge in [0, 0.05) is 30.4 Å². The number of pyridine rings is 1. The number of rotatable bonds is 5. The summed E-state index contributed by atoms with van der Waals surface area (Å²) < 4.78 is 7.32. The van der Waals surface area contributed by atoms with Gasteiger partial charge in [-0.05, 0) is 37.1 Å². The monoisotopic (exact) mass is 463 g/mol. The van der Waals surface area contributed by atoms with Crippen molar-refractivity contribution in [2.45, 2.75) is 37.4 Å². The Balaban J connectivity index is 1.43. The zero-order valence-electron chi connectivity index (χ0n) is 18.3. The second-order valence-electron chi connectivity index (χ2n) is 8.65. The molecule has 3 aromatic heterocycles. The van der Waals surface area contributed by atoms with E-state index in [0.717, 1.165) is 42.5 Å². The van der Waals surface area contributed by atoms with Gasteiger partial charge in [-0.25, -0.2) is 4.98 Å². The van der Waals surface area contributed by atoms with Crippen LogP contribution in [0.25, 0.3) is 22.1 Å². The van der Waals surface area contributed by atoms with Crippen molar-refractivity contribution in [2.75, 3.05) is 29.9 Å². The van der Waals surface area contributed by atoms with Crippen molar-refractivity contribution in [1.82, 2.24) is 24.5 Å². The second-order valence-corrected chi connectivity index (χ2v) is 8.65. The zero-order chi connectivity index (χ0) is 23.2. The lowest BCUT2D eigenvalue weighted by molar-refractivity contribution is -0.0511. The van der Waals surface area contributed by atoms with Crippen molar-refractivity contribution in [3.63, 3.8) is 0 Å². The summed E-state index contributed by atoms with van der Waals surface area (Å²) in [6.07, 6.45) is 1.17. The van der Waals surface area contributed by atoms with Crippen LogP contribution < -0.4 is 10.2 Å². The first-order valence-electron chi connectivity index (χ1n) is 11.4. The molecule has 5 heterocycles. The third kappa shape index (κ3) is 3.53. The molecular weight excluding hydrogens is 438 g/mol. The summed E-state index contributed by atoms with van der Waals surface area (Å²) in [5, 5.41) is 34.6. The van der Waals surface area contributed by atoms with Crippen LogP contribution in [-0.2, 0) is 4.74 Å². The maximum absolute atomic E-state index is 10.6. The number of aliphatic hydroxyl groups is 3. The molecule has 0 saturated carbocycles. The van der Waals surface area contributed by atoms with Gasteiger partial charge in [0.15, 0.2) is 23.2 Å². The van der Waals surface area contributed by atoms with Crippen LogP contribution in [0.4, 0.5) is 17.5 Å². The summed E-state index contributed by atoms with van der Waals surface area (Å²) in [6.45, 7) is 1.33. The fourth-order valence-electron chi connectivity index (χ4n) is 4.69. The molecule has 2 aliphatic heterocycles. The van der Waals surface area contributed by atoms with Crippen LogP contribution in [0.15, 0.2) is 42.9 Å². The number of hydrogen-bond acceptors (Lipinski definition) is 10. The molecule has 4 unspecified atom stereocenters. The van der Waals surface area contributed by atoms with Gasteiger partial charge in [0.25, 0.3) is 0 Å². The normalized spacial score (nSPS) is 25.0. The zero-order valence-corrected chi connectivity index (χ0v) is 18.3. The minimum Gasteiger partial charge on any atom is -0.394 e. The van der Waals surface area contributed by atoms with Crippen molar-refractivity contribution >= 4 is 39.5 Å². The predicted octanol–water partition coefficient (Wildman–Crippen LogP) is 1.33. The molecule has 4 aromatic rings. The number of aromatic nitrogens is 5. The summed E-state index contributed by atoms with van der Waals surface area (Å²) in [5.74, 6) is 1.09. The van der Waals surface area contributed by atoms with E-state index in [1.54, 1.807) is 10.8 Å². The van der Waals surface area contributed by atoms with Crippen LogP contribution in [0.1, 0.15) is 19.1 Å². The molecule has 4 N–H and O–H groups in total. The van der Waals surface area contributed by atoms with Crippen molar-refractivity contribution < 1.29 is 20.1 Å². The number of nitrogens with one attached hydrogen (secondary N) is 1. The average molecular weight is 463 g/mol. The molecule has 2 aliphatic rings. The first-order chi connectivity index (χ1) is 16.6. The van der Waals surface area contributed by atoms with Gasteiger partial charge in [-0.2, -0.15) is 9.97 Å². The summed E-state index contributed by atoms with van der Waals surface area (Å²) >= 11 is 0. The summed E-state index contributed by atoms with van der Waals surface area (Å²) in [7, 11) is 0. The Morgan fingerprint density at radius 2 is 1.91 bits per heavy atom. The lowest BCUT2D eigenvalue weighted by atomic mass is 10.1. The minimum atomic E-state index is -1.23. The van der Waals surface area contributed by atoms with Crippen LogP contribution >= 0.6 is 0 Å². The minimum absolute atomic E-state index is 0.381. The van der Waals surface area contributed by atoms with Crippen LogP contribution in [0.3, 0.4) is 0 Å². The van der Waals surface area contributed by atoms with E-state index < -0.39 is 31.1 Å². The van der Waals surface area contributed by atoms with Gasteiger partial charge in [0.2, 0.25) is 5.95 Å². The molecule has 0 radical (unpaired) electrons. The number of nitrogens with zero attached hydrogens (tertiary/aromatic N) is 6. The first-order valence-corrected chi connectivity index (χ1v) is 11.4. The molecule has 2 saturated heterocycles. The van der Waals surface area contributed by atoms with E-state index in [1.165, 1.54) is 6.33 Å². The van der Waals surface area contributed by atoms with Crippen LogP contribution in [-0.4, -0.2) is 77.8 Å². The highest BCUT2D eigenvalue weighted by atomic mass is 16.6. The maximum Gasteiger partial charge on any atom is 0.231 e. The molecule has 4 atom stereocenters. The van der Waals surface area contributed by atoms with E-state index >= 15 is 0 Å². The van der Waals surface area contributed by atoms with Crippen LogP contribution in [0, 0.1) is 0 Å². The van der Waals surface area contributed by atoms with E-state index in [-0.39, 0.29) is 0 Å². The number of ether oxygens (including phenoxy) is 1. The van der Waals surface area contributed by atoms with Gasteiger partial charge in [0.05, 0.1) is 18.5 Å². The Bertz CT molecular complexity index is 1340. The van der Waals surface area contributed by atoms with E-state index in [1.807, 2.05) is 30.3 Å². The smallest absolute Gasteiger partial charge is 0.231 e. The largest absolute Gasteiger partial charge is 0.394 e. The van der Waals surface area contributed by atoms with Gasteiger partial charge in [-0.3, -0.25) is 9.55 Å². The molecule has 11 heteroatoms. The number of fused-ring (bicyclic) bond motifs is 2. The SMILES string of the molecule is OCC1OC(n2cnc3c(N4CCCC4)nc(Nc4ccc5ncccc5c4)nc32)C(O)C1O. The van der Waals surface area contributed by atoms with E-state index in [0.29, 0.717) is 22.9 Å². The number of imidazole rings is 1. The molecule has 6 rings (SSSR count). The number of anilines is 3. The topological polar surface area (TPSA) is 142 Å². The Hall–Kier alpha value is -3.38. The highest BCUT2D eigenvalue weighted by molar-refractivity contribution is 5.86. The fourth-order valence-corrected chi connectivity index (χ4v) is 4.69. The lowest BCUT2D eigenvalue weighted by Gasteiger charge is -2.20. The maximum atomic E-state index is 10.6. The van der Waals surface area contributed by atoms with Gasteiger partial charge in [-0.15, -0.1) is 0 Å². The molecule has 0 aliphatic carbocycles. The molecule has 0 amide bonds. The van der Waals surface area contributed by atoms with Crippen LogP contribution in [0.5, 0.6) is 0 Å². The quantitative estimate of drug-likeness (QED) is 0.342. The van der Waals surface area contributed by atoms with Gasteiger partial charge >= 0.3 is 0 Å². The molecule has 0 spiro atoms. The highest BCUT2D eigenvalue weighted by Crippen LogP contribution is 2.34. The van der Waals surface area contributed by atoms with Crippen molar-refractivity contribution in [3.05, 3.63) is 42.9 Å². The van der Waals surface area contributed by atoms with Crippen molar-refractivity contribution in [1.29, 1.82) is 0 Å². The third-order valence-corrected chi connectivity index (χ3v) is 6.46. The van der Waals surface area contributed by atoms with Crippen molar-refractivity contribution in [3.8, 4) is 0 Å². The standard InChI is InChI=1S/C23H25N7O4/c31-11-16-18(32)19(33)22(34-16)30-12-25-17-20(29-8-1-2-9-29)27-23(28-21(17)30)26-14-5-6-15-13(10-14)4-3-7-24-15/h3-7,10,12,16,18-19,22,31-33H,1-2,8-9,11H2,(H,26,27,28). The van der Waals surface area contributed by atoms with Crippen LogP contribution in [0.2, 0.25) is 0 Å². The van der Waals surface area contributed by atoms with E-state index in [9.17, 15) is 15.3 Å². The molecule has 176 valence electrons.